The van der Waals surface area contributed by atoms with E-state index in [4.69, 9.17) is 5.10 Å². The fraction of sp³-hybridized carbons (Fsp3) is 0.217. The monoisotopic (exact) mass is 467 g/mol. The molecule has 4 rings (SSSR count). The van der Waals surface area contributed by atoms with Crippen LogP contribution in [0.15, 0.2) is 62.5 Å². The van der Waals surface area contributed by atoms with Crippen LogP contribution >= 0.6 is 27.3 Å². The van der Waals surface area contributed by atoms with Crippen LogP contribution in [-0.4, -0.2) is 21.7 Å². The maximum atomic E-state index is 13.1. The lowest BCUT2D eigenvalue weighted by Gasteiger charge is -2.19. The third-order valence-corrected chi connectivity index (χ3v) is 6.52. The number of benzene rings is 2. The zero-order valence-corrected chi connectivity index (χ0v) is 19.0. The summed E-state index contributed by atoms with van der Waals surface area (Å²) in [6.45, 7) is 5.34. The second-order valence-electron chi connectivity index (χ2n) is 7.43. The zero-order valence-electron chi connectivity index (χ0n) is 16.6. The summed E-state index contributed by atoms with van der Waals surface area (Å²) in [7, 11) is 2.01. The van der Waals surface area contributed by atoms with E-state index in [1.165, 1.54) is 11.1 Å². The Labute approximate surface area is 182 Å². The average Bonchev–Trinajstić information content (AvgIpc) is 3.10. The van der Waals surface area contributed by atoms with Crippen LogP contribution in [-0.2, 0) is 13.2 Å². The molecule has 0 aliphatic heterocycles. The predicted molar refractivity (Wildman–Crippen MR) is 124 cm³/mol. The van der Waals surface area contributed by atoms with Crippen molar-refractivity contribution in [2.75, 3.05) is 7.05 Å². The lowest BCUT2D eigenvalue weighted by molar-refractivity contribution is 0.241. The second kappa shape index (κ2) is 8.22. The number of hydrogen-bond acceptors (Lipinski definition) is 4. The van der Waals surface area contributed by atoms with Gasteiger partial charge in [0, 0.05) is 17.5 Å². The average molecular weight is 468 g/mol. The Balaban J connectivity index is 1.79. The lowest BCUT2D eigenvalue weighted by Crippen LogP contribution is -2.32. The van der Waals surface area contributed by atoms with Crippen LogP contribution in [0.25, 0.3) is 22.0 Å². The summed E-state index contributed by atoms with van der Waals surface area (Å²) in [5.41, 5.74) is 5.40. The van der Waals surface area contributed by atoms with E-state index in [0.29, 0.717) is 12.1 Å². The number of aromatic nitrogens is 2. The normalized spacial score (nSPS) is 11.5. The van der Waals surface area contributed by atoms with Gasteiger partial charge in [0.1, 0.15) is 0 Å². The van der Waals surface area contributed by atoms with E-state index >= 15 is 0 Å². The summed E-state index contributed by atoms with van der Waals surface area (Å²) in [6.07, 6.45) is 0. The van der Waals surface area contributed by atoms with Gasteiger partial charge < -0.3 is 0 Å². The first-order chi connectivity index (χ1) is 13.9. The molecule has 2 aromatic heterocycles. The molecular formula is C23H22BrN3OS. The minimum Gasteiger partial charge on any atom is -0.283 e. The van der Waals surface area contributed by atoms with Gasteiger partial charge in [-0.15, -0.1) is 11.3 Å². The summed E-state index contributed by atoms with van der Waals surface area (Å²) in [4.78, 5) is 15.2. The first kappa shape index (κ1) is 20.0. The van der Waals surface area contributed by atoms with Crippen molar-refractivity contribution in [2.45, 2.75) is 27.1 Å². The quantitative estimate of drug-likeness (QED) is 0.383. The van der Waals surface area contributed by atoms with Crippen molar-refractivity contribution < 1.29 is 0 Å². The standard InChI is InChI=1S/C23H22BrN3OS/c1-15-8-9-16(2)20(10-15)22-18-6-4-5-7-19(18)23(28)27(25-22)14-26(3)12-17-11-21(24)29-13-17/h4-11,13H,12,14H2,1-3H3. The summed E-state index contributed by atoms with van der Waals surface area (Å²) >= 11 is 5.17. The first-order valence-corrected chi connectivity index (χ1v) is 11.1. The number of nitrogens with zero attached hydrogens (tertiary/aromatic N) is 3. The Morgan fingerprint density at radius 1 is 1.10 bits per heavy atom. The molecule has 0 atom stereocenters. The predicted octanol–water partition coefficient (Wildman–Crippen LogP) is 5.59. The molecule has 0 saturated heterocycles. The third-order valence-electron chi connectivity index (χ3n) is 4.97. The summed E-state index contributed by atoms with van der Waals surface area (Å²) in [5, 5.41) is 8.53. The highest BCUT2D eigenvalue weighted by Gasteiger charge is 2.15. The summed E-state index contributed by atoms with van der Waals surface area (Å²) < 4.78 is 2.69. The number of hydrogen-bond donors (Lipinski definition) is 0. The van der Waals surface area contributed by atoms with E-state index in [0.717, 1.165) is 32.5 Å². The Bertz CT molecular complexity index is 1240. The molecule has 2 heterocycles. The number of fused-ring (bicyclic) bond motifs is 1. The molecule has 0 amide bonds. The molecule has 0 spiro atoms. The SMILES string of the molecule is Cc1ccc(C)c(-c2nn(CN(C)Cc3csc(Br)c3)c(=O)c3ccccc23)c1. The number of halogens is 1. The molecule has 4 aromatic rings. The molecule has 0 saturated carbocycles. The third kappa shape index (κ3) is 4.20. The van der Waals surface area contributed by atoms with Crippen LogP contribution in [0.3, 0.4) is 0 Å². The highest BCUT2D eigenvalue weighted by molar-refractivity contribution is 9.11. The van der Waals surface area contributed by atoms with Crippen molar-refractivity contribution in [1.29, 1.82) is 0 Å². The number of aryl methyl sites for hydroxylation is 2. The molecule has 0 aliphatic rings. The molecule has 148 valence electrons. The van der Waals surface area contributed by atoms with E-state index in [2.05, 4.69) is 64.3 Å². The molecule has 0 unspecified atom stereocenters. The molecule has 2 aromatic carbocycles. The van der Waals surface area contributed by atoms with Gasteiger partial charge in [-0.05, 0) is 71.5 Å². The molecule has 0 fully saturated rings. The van der Waals surface area contributed by atoms with E-state index < -0.39 is 0 Å². The fourth-order valence-corrected chi connectivity index (χ4v) is 4.74. The second-order valence-corrected chi connectivity index (χ2v) is 9.72. The van der Waals surface area contributed by atoms with Crippen LogP contribution < -0.4 is 5.56 Å². The molecule has 29 heavy (non-hydrogen) atoms. The van der Waals surface area contributed by atoms with Gasteiger partial charge in [-0.25, -0.2) is 4.68 Å². The van der Waals surface area contributed by atoms with Crippen LogP contribution in [0.2, 0.25) is 0 Å². The van der Waals surface area contributed by atoms with Crippen molar-refractivity contribution in [3.63, 3.8) is 0 Å². The first-order valence-electron chi connectivity index (χ1n) is 9.41. The lowest BCUT2D eigenvalue weighted by atomic mass is 9.99. The van der Waals surface area contributed by atoms with E-state index in [9.17, 15) is 4.79 Å². The molecule has 0 N–H and O–H groups in total. The van der Waals surface area contributed by atoms with Crippen molar-refractivity contribution in [3.05, 3.63) is 84.7 Å². The maximum Gasteiger partial charge on any atom is 0.275 e. The Morgan fingerprint density at radius 2 is 1.86 bits per heavy atom. The van der Waals surface area contributed by atoms with Gasteiger partial charge in [0.05, 0.1) is 21.5 Å². The van der Waals surface area contributed by atoms with Crippen LogP contribution in [0.5, 0.6) is 0 Å². The van der Waals surface area contributed by atoms with Crippen molar-refractivity contribution in [3.8, 4) is 11.3 Å². The number of thiophene rings is 1. The topological polar surface area (TPSA) is 38.1 Å². The molecule has 0 radical (unpaired) electrons. The van der Waals surface area contributed by atoms with Gasteiger partial charge >= 0.3 is 0 Å². The van der Waals surface area contributed by atoms with Gasteiger partial charge in [0.25, 0.3) is 5.56 Å². The van der Waals surface area contributed by atoms with Gasteiger partial charge in [-0.3, -0.25) is 9.69 Å². The molecule has 0 aliphatic carbocycles. The van der Waals surface area contributed by atoms with Crippen molar-refractivity contribution in [2.24, 2.45) is 0 Å². The van der Waals surface area contributed by atoms with E-state index in [1.807, 2.05) is 31.3 Å². The smallest absolute Gasteiger partial charge is 0.275 e. The number of rotatable bonds is 5. The van der Waals surface area contributed by atoms with Crippen LogP contribution in [0, 0.1) is 13.8 Å². The molecule has 0 bridgehead atoms. The highest BCUT2D eigenvalue weighted by atomic mass is 79.9. The minimum absolute atomic E-state index is 0.0620. The Hall–Kier alpha value is -2.28. The van der Waals surface area contributed by atoms with E-state index in [1.54, 1.807) is 16.0 Å². The van der Waals surface area contributed by atoms with Gasteiger partial charge in [-0.1, -0.05) is 35.9 Å². The Kier molecular flexibility index (Phi) is 5.67. The largest absolute Gasteiger partial charge is 0.283 e. The van der Waals surface area contributed by atoms with Crippen LogP contribution in [0.4, 0.5) is 0 Å². The Morgan fingerprint density at radius 3 is 2.59 bits per heavy atom. The zero-order chi connectivity index (χ0) is 20.5. The fourth-order valence-electron chi connectivity index (χ4n) is 3.54. The van der Waals surface area contributed by atoms with Gasteiger partial charge in [-0.2, -0.15) is 5.10 Å². The molecular weight excluding hydrogens is 446 g/mol. The summed E-state index contributed by atoms with van der Waals surface area (Å²) in [5.74, 6) is 0. The minimum atomic E-state index is -0.0620. The van der Waals surface area contributed by atoms with Gasteiger partial charge in [0.2, 0.25) is 0 Å². The highest BCUT2D eigenvalue weighted by Crippen LogP contribution is 2.28. The molecule has 4 nitrogen and oxygen atoms in total. The van der Waals surface area contributed by atoms with Crippen molar-refractivity contribution in [1.82, 2.24) is 14.7 Å². The van der Waals surface area contributed by atoms with Crippen LogP contribution in [0.1, 0.15) is 16.7 Å². The maximum absolute atomic E-state index is 13.1. The van der Waals surface area contributed by atoms with Crippen molar-refractivity contribution >= 4 is 38.0 Å². The van der Waals surface area contributed by atoms with E-state index in [-0.39, 0.29) is 5.56 Å². The summed E-state index contributed by atoms with van der Waals surface area (Å²) in [6, 6.07) is 16.2. The molecule has 6 heteroatoms. The van der Waals surface area contributed by atoms with Gasteiger partial charge in [0.15, 0.2) is 0 Å².